The van der Waals surface area contributed by atoms with Crippen LogP contribution in [0.5, 0.6) is 0 Å². The molecule has 118 valence electrons. The fraction of sp³-hybridized carbons (Fsp3) is 1.00. The van der Waals surface area contributed by atoms with Crippen molar-refractivity contribution in [2.24, 2.45) is 11.8 Å². The third-order valence-electron chi connectivity index (χ3n) is 4.70. The SMILES string of the molecule is CC(C1CC(O)CC2OC(C)(C)OC21)C(C)(O)C(Cl)Cl. The zero-order valence-corrected chi connectivity index (χ0v) is 13.9. The molecule has 0 spiro atoms. The van der Waals surface area contributed by atoms with Crippen LogP contribution in [0.3, 0.4) is 0 Å². The minimum atomic E-state index is -1.24. The second-order valence-corrected chi connectivity index (χ2v) is 7.84. The van der Waals surface area contributed by atoms with Crippen molar-refractivity contribution in [2.75, 3.05) is 0 Å². The summed E-state index contributed by atoms with van der Waals surface area (Å²) in [7, 11) is 0. The molecule has 6 heteroatoms. The zero-order chi connectivity index (χ0) is 15.3. The summed E-state index contributed by atoms with van der Waals surface area (Å²) in [4.78, 5) is -0.898. The first-order valence-electron chi connectivity index (χ1n) is 7.09. The number of hydrogen-bond donors (Lipinski definition) is 2. The Morgan fingerprint density at radius 1 is 1.25 bits per heavy atom. The number of fused-ring (bicyclic) bond motifs is 1. The maximum Gasteiger partial charge on any atom is 0.163 e. The molecule has 0 aromatic rings. The molecule has 2 fully saturated rings. The van der Waals surface area contributed by atoms with Gasteiger partial charge in [0.25, 0.3) is 0 Å². The first-order chi connectivity index (χ1) is 9.04. The molecule has 0 radical (unpaired) electrons. The largest absolute Gasteiger partial charge is 0.393 e. The number of ether oxygens (including phenoxy) is 2. The fourth-order valence-electron chi connectivity index (χ4n) is 3.34. The molecule has 1 saturated heterocycles. The molecule has 0 aromatic heterocycles. The monoisotopic (exact) mass is 326 g/mol. The van der Waals surface area contributed by atoms with Gasteiger partial charge in [0.1, 0.15) is 4.84 Å². The van der Waals surface area contributed by atoms with Crippen molar-refractivity contribution < 1.29 is 19.7 Å². The van der Waals surface area contributed by atoms with Crippen molar-refractivity contribution in [3.63, 3.8) is 0 Å². The van der Waals surface area contributed by atoms with Crippen LogP contribution in [0.15, 0.2) is 0 Å². The molecule has 0 aromatic carbocycles. The summed E-state index contributed by atoms with van der Waals surface area (Å²) < 4.78 is 11.8. The van der Waals surface area contributed by atoms with Crippen molar-refractivity contribution >= 4 is 23.2 Å². The van der Waals surface area contributed by atoms with E-state index in [4.69, 9.17) is 32.7 Å². The number of rotatable bonds is 3. The lowest BCUT2D eigenvalue weighted by atomic mass is 9.70. The lowest BCUT2D eigenvalue weighted by molar-refractivity contribution is -0.154. The van der Waals surface area contributed by atoms with Crippen LogP contribution in [-0.2, 0) is 9.47 Å². The molecular formula is C14H24Cl2O4. The van der Waals surface area contributed by atoms with Crippen molar-refractivity contribution in [3.8, 4) is 0 Å². The van der Waals surface area contributed by atoms with Crippen LogP contribution in [0.4, 0.5) is 0 Å². The standard InChI is InChI=1S/C14H24Cl2O4/c1-7(14(4,18)12(15)16)9-5-8(17)6-10-11(9)20-13(2,3)19-10/h7-12,17-18H,5-6H2,1-4H3. The average molecular weight is 327 g/mol. The Morgan fingerprint density at radius 3 is 2.40 bits per heavy atom. The highest BCUT2D eigenvalue weighted by molar-refractivity contribution is 6.45. The normalized spacial score (nSPS) is 41.2. The Hall–Kier alpha value is 0.420. The van der Waals surface area contributed by atoms with E-state index >= 15 is 0 Å². The maximum atomic E-state index is 10.5. The second kappa shape index (κ2) is 5.56. The highest BCUT2D eigenvalue weighted by atomic mass is 35.5. The van der Waals surface area contributed by atoms with Gasteiger partial charge in [0.2, 0.25) is 0 Å². The van der Waals surface area contributed by atoms with E-state index in [1.807, 2.05) is 20.8 Å². The molecule has 2 aliphatic rings. The summed E-state index contributed by atoms with van der Waals surface area (Å²) >= 11 is 11.8. The molecule has 1 aliphatic carbocycles. The quantitative estimate of drug-likeness (QED) is 0.782. The molecule has 1 heterocycles. The first-order valence-corrected chi connectivity index (χ1v) is 7.96. The summed E-state index contributed by atoms with van der Waals surface area (Å²) in [5.74, 6) is -0.937. The van der Waals surface area contributed by atoms with Crippen molar-refractivity contribution in [3.05, 3.63) is 0 Å². The molecule has 2 N–H and O–H groups in total. The highest BCUT2D eigenvalue weighted by Gasteiger charge is 2.53. The number of alkyl halides is 2. The van der Waals surface area contributed by atoms with Crippen molar-refractivity contribution in [2.45, 2.75) is 75.1 Å². The van der Waals surface area contributed by atoms with Gasteiger partial charge in [-0.15, -0.1) is 23.2 Å². The summed E-state index contributed by atoms with van der Waals surface area (Å²) in [6, 6.07) is 0. The lowest BCUT2D eigenvalue weighted by Crippen LogP contribution is -2.51. The minimum absolute atomic E-state index is 0.0551. The summed E-state index contributed by atoms with van der Waals surface area (Å²) in [5.41, 5.74) is -1.24. The highest BCUT2D eigenvalue weighted by Crippen LogP contribution is 2.46. The van der Waals surface area contributed by atoms with Crippen LogP contribution in [0.2, 0.25) is 0 Å². The van der Waals surface area contributed by atoms with Gasteiger partial charge >= 0.3 is 0 Å². The van der Waals surface area contributed by atoms with Gasteiger partial charge in [-0.1, -0.05) is 6.92 Å². The Kier molecular flexibility index (Phi) is 4.67. The van der Waals surface area contributed by atoms with Gasteiger partial charge in [-0.05, 0) is 39.0 Å². The van der Waals surface area contributed by atoms with E-state index < -0.39 is 22.3 Å². The van der Waals surface area contributed by atoms with Crippen LogP contribution in [-0.4, -0.2) is 44.7 Å². The van der Waals surface area contributed by atoms with Crippen LogP contribution in [0.1, 0.15) is 40.5 Å². The number of halogens is 2. The third kappa shape index (κ3) is 3.11. The Morgan fingerprint density at radius 2 is 1.85 bits per heavy atom. The van der Waals surface area contributed by atoms with Crippen molar-refractivity contribution in [1.82, 2.24) is 0 Å². The Bertz CT molecular complexity index is 357. The molecule has 4 nitrogen and oxygen atoms in total. The van der Waals surface area contributed by atoms with E-state index in [9.17, 15) is 10.2 Å². The number of aliphatic hydroxyl groups is 2. The second-order valence-electron chi connectivity index (χ2n) is 6.74. The molecule has 6 atom stereocenters. The van der Waals surface area contributed by atoms with Gasteiger partial charge in [-0.25, -0.2) is 0 Å². The van der Waals surface area contributed by atoms with Gasteiger partial charge in [-0.3, -0.25) is 0 Å². The average Bonchev–Trinajstić information content (AvgIpc) is 2.60. The van der Waals surface area contributed by atoms with Crippen LogP contribution >= 0.6 is 23.2 Å². The van der Waals surface area contributed by atoms with Crippen molar-refractivity contribution in [1.29, 1.82) is 0 Å². The smallest absolute Gasteiger partial charge is 0.163 e. The van der Waals surface area contributed by atoms with E-state index in [0.29, 0.717) is 12.8 Å². The van der Waals surface area contributed by atoms with Crippen LogP contribution in [0.25, 0.3) is 0 Å². The maximum absolute atomic E-state index is 10.5. The zero-order valence-electron chi connectivity index (χ0n) is 12.3. The first kappa shape index (κ1) is 16.8. The van der Waals surface area contributed by atoms with E-state index in [1.165, 1.54) is 0 Å². The predicted octanol–water partition coefficient (Wildman–Crippen LogP) is 2.47. The lowest BCUT2D eigenvalue weighted by Gasteiger charge is -2.43. The van der Waals surface area contributed by atoms with Gasteiger partial charge < -0.3 is 19.7 Å². The molecule has 6 unspecified atom stereocenters. The Labute approximate surface area is 130 Å². The fourth-order valence-corrected chi connectivity index (χ4v) is 3.74. The number of hydrogen-bond acceptors (Lipinski definition) is 4. The van der Waals surface area contributed by atoms with Crippen LogP contribution in [0, 0.1) is 11.8 Å². The van der Waals surface area contributed by atoms with Gasteiger partial charge in [0.05, 0.1) is 23.9 Å². The molecule has 1 aliphatic heterocycles. The molecule has 20 heavy (non-hydrogen) atoms. The third-order valence-corrected chi connectivity index (χ3v) is 5.58. The molecule has 2 rings (SSSR count). The summed E-state index contributed by atoms with van der Waals surface area (Å²) in [5, 5.41) is 20.6. The van der Waals surface area contributed by atoms with Gasteiger partial charge in [-0.2, -0.15) is 0 Å². The predicted molar refractivity (Wildman–Crippen MR) is 77.8 cm³/mol. The topological polar surface area (TPSA) is 58.9 Å². The van der Waals surface area contributed by atoms with E-state index in [0.717, 1.165) is 0 Å². The van der Waals surface area contributed by atoms with Crippen LogP contribution < -0.4 is 0 Å². The molecule has 0 bridgehead atoms. The summed E-state index contributed by atoms with van der Waals surface area (Å²) in [6.45, 7) is 7.25. The number of aliphatic hydroxyl groups excluding tert-OH is 1. The van der Waals surface area contributed by atoms with E-state index in [2.05, 4.69) is 0 Å². The molecular weight excluding hydrogens is 303 g/mol. The molecule has 1 saturated carbocycles. The van der Waals surface area contributed by atoms with Gasteiger partial charge in [0.15, 0.2) is 5.79 Å². The van der Waals surface area contributed by atoms with E-state index in [1.54, 1.807) is 6.92 Å². The minimum Gasteiger partial charge on any atom is -0.393 e. The molecule has 0 amide bonds. The van der Waals surface area contributed by atoms with E-state index in [-0.39, 0.29) is 24.0 Å². The van der Waals surface area contributed by atoms with Gasteiger partial charge in [0, 0.05) is 6.42 Å². The Balaban J connectivity index is 2.21. The summed E-state index contributed by atoms with van der Waals surface area (Å²) in [6.07, 6.45) is 0.354.